The van der Waals surface area contributed by atoms with Gasteiger partial charge in [0.05, 0.1) is 5.75 Å². The van der Waals surface area contributed by atoms with Gasteiger partial charge in [0, 0.05) is 30.3 Å². The van der Waals surface area contributed by atoms with Crippen molar-refractivity contribution in [3.63, 3.8) is 0 Å². The Kier molecular flexibility index (Phi) is 9.69. The summed E-state index contributed by atoms with van der Waals surface area (Å²) in [6.45, 7) is 0. The Hall–Kier alpha value is -2.76. The smallest absolute Gasteiger partial charge is 0.374 e. The van der Waals surface area contributed by atoms with Gasteiger partial charge in [-0.25, -0.2) is 0 Å². The Balaban J connectivity index is 1.47. The Morgan fingerprint density at radius 3 is 1.86 bits per heavy atom. The highest BCUT2D eigenvalue weighted by Gasteiger charge is 2.04. The van der Waals surface area contributed by atoms with E-state index in [9.17, 15) is 9.59 Å². The molecular formula is C22H27BN2O3. The van der Waals surface area contributed by atoms with Crippen LogP contribution in [0.3, 0.4) is 0 Å². The van der Waals surface area contributed by atoms with Crippen molar-refractivity contribution in [3.05, 3.63) is 54.6 Å². The number of benzene rings is 2. The Morgan fingerprint density at radius 1 is 0.714 bits per heavy atom. The van der Waals surface area contributed by atoms with E-state index >= 15 is 0 Å². The second-order valence-electron chi connectivity index (χ2n) is 6.73. The van der Waals surface area contributed by atoms with Gasteiger partial charge in [0.25, 0.3) is 0 Å². The first-order chi connectivity index (χ1) is 13.7. The van der Waals surface area contributed by atoms with E-state index < -0.39 is 0 Å². The van der Waals surface area contributed by atoms with Crippen molar-refractivity contribution < 1.29 is 14.2 Å². The van der Waals surface area contributed by atoms with Gasteiger partial charge in [-0.05, 0) is 37.1 Å². The molecule has 6 heteroatoms. The first-order valence-electron chi connectivity index (χ1n) is 9.79. The Labute approximate surface area is 168 Å². The van der Waals surface area contributed by atoms with Gasteiger partial charge in [0.1, 0.15) is 0 Å². The molecule has 2 N–H and O–H groups in total. The standard InChI is InChI=1S/C22H27BN2O3/c23-28-20-14-10-13-19(17-20)25-22(27)16-9-4-2-1-3-8-15-21(26)24-18-11-6-5-7-12-18/h5-7,10-14,17H,1-4,8-9,15-16H2,(H,24,26)(H,25,27). The molecule has 2 amide bonds. The van der Waals surface area contributed by atoms with Crippen LogP contribution in [0.15, 0.2) is 54.6 Å². The zero-order chi connectivity index (χ0) is 20.0. The lowest BCUT2D eigenvalue weighted by molar-refractivity contribution is -0.117. The predicted octanol–water partition coefficient (Wildman–Crippen LogP) is 4.85. The van der Waals surface area contributed by atoms with Crippen LogP contribution < -0.4 is 15.3 Å². The number of carbonyl (C=O) groups is 2. The second kappa shape index (κ2) is 12.6. The van der Waals surface area contributed by atoms with E-state index in [0.29, 0.717) is 24.3 Å². The quantitative estimate of drug-likeness (QED) is 0.410. The van der Waals surface area contributed by atoms with Crippen molar-refractivity contribution in [1.82, 2.24) is 0 Å². The maximum atomic E-state index is 11.9. The summed E-state index contributed by atoms with van der Waals surface area (Å²) < 4.78 is 4.65. The predicted molar refractivity (Wildman–Crippen MR) is 113 cm³/mol. The molecule has 2 rings (SSSR count). The van der Waals surface area contributed by atoms with Gasteiger partial charge in [-0.1, -0.05) is 49.9 Å². The molecule has 0 aliphatic rings. The van der Waals surface area contributed by atoms with E-state index in [1.165, 1.54) is 0 Å². The third kappa shape index (κ3) is 8.76. The first-order valence-corrected chi connectivity index (χ1v) is 9.79. The topological polar surface area (TPSA) is 67.4 Å². The highest BCUT2D eigenvalue weighted by molar-refractivity contribution is 6.00. The van der Waals surface area contributed by atoms with E-state index in [0.717, 1.165) is 44.2 Å². The molecule has 2 aromatic carbocycles. The van der Waals surface area contributed by atoms with Crippen LogP contribution in [0.4, 0.5) is 11.4 Å². The number of amides is 2. The van der Waals surface area contributed by atoms with Gasteiger partial charge in [-0.15, -0.1) is 0 Å². The largest absolute Gasteiger partial charge is 0.568 e. The molecule has 0 atom stereocenters. The summed E-state index contributed by atoms with van der Waals surface area (Å²) in [4.78, 5) is 23.8. The highest BCUT2D eigenvalue weighted by atomic mass is 16.4. The van der Waals surface area contributed by atoms with E-state index in [2.05, 4.69) is 15.3 Å². The normalized spacial score (nSPS) is 10.3. The fraction of sp³-hybridized carbons (Fsp3) is 0.364. The second-order valence-corrected chi connectivity index (χ2v) is 6.73. The van der Waals surface area contributed by atoms with E-state index in [1.807, 2.05) is 30.3 Å². The third-order valence-corrected chi connectivity index (χ3v) is 4.37. The molecule has 0 spiro atoms. The number of unbranched alkanes of at least 4 members (excludes halogenated alkanes) is 5. The van der Waals surface area contributed by atoms with Crippen molar-refractivity contribution in [2.24, 2.45) is 0 Å². The minimum Gasteiger partial charge on any atom is -0.568 e. The number of rotatable bonds is 12. The number of anilines is 2. The van der Waals surface area contributed by atoms with E-state index in [4.69, 9.17) is 8.05 Å². The van der Waals surface area contributed by atoms with Crippen LogP contribution in [0.1, 0.15) is 51.4 Å². The summed E-state index contributed by atoms with van der Waals surface area (Å²) in [7, 11) is 5.11. The van der Waals surface area contributed by atoms with E-state index in [-0.39, 0.29) is 11.8 Å². The molecule has 28 heavy (non-hydrogen) atoms. The molecule has 0 bridgehead atoms. The van der Waals surface area contributed by atoms with Gasteiger partial charge >= 0.3 is 8.05 Å². The average molecular weight is 378 g/mol. The van der Waals surface area contributed by atoms with Crippen LogP contribution in [-0.2, 0) is 9.59 Å². The van der Waals surface area contributed by atoms with Gasteiger partial charge < -0.3 is 15.3 Å². The molecule has 0 aliphatic heterocycles. The molecule has 0 aliphatic carbocycles. The fourth-order valence-corrected chi connectivity index (χ4v) is 2.89. The number of carbonyl (C=O) groups excluding carboxylic acids is 2. The third-order valence-electron chi connectivity index (χ3n) is 4.37. The maximum absolute atomic E-state index is 11.9. The molecule has 2 radical (unpaired) electrons. The van der Waals surface area contributed by atoms with Crippen molar-refractivity contribution in [2.75, 3.05) is 10.6 Å². The Bertz CT molecular complexity index is 738. The minimum absolute atomic E-state index is 0.00763. The number of hydrogen-bond donors (Lipinski definition) is 2. The molecule has 146 valence electrons. The number of nitrogens with one attached hydrogen (secondary N) is 2. The van der Waals surface area contributed by atoms with Crippen LogP contribution in [-0.4, -0.2) is 19.9 Å². The lowest BCUT2D eigenvalue weighted by Gasteiger charge is -2.07. The molecular weight excluding hydrogens is 351 g/mol. The number of para-hydroxylation sites is 1. The van der Waals surface area contributed by atoms with Crippen molar-refractivity contribution >= 4 is 31.2 Å². The summed E-state index contributed by atoms with van der Waals surface area (Å²) in [5, 5.41) is 5.74. The molecule has 0 saturated carbocycles. The molecule has 0 heterocycles. The lowest BCUT2D eigenvalue weighted by atomic mass is 10.1. The summed E-state index contributed by atoms with van der Waals surface area (Å²) >= 11 is 0. The first kappa shape index (κ1) is 21.5. The van der Waals surface area contributed by atoms with Crippen LogP contribution in [0.25, 0.3) is 0 Å². The van der Waals surface area contributed by atoms with Crippen LogP contribution >= 0.6 is 0 Å². The molecule has 0 fully saturated rings. The van der Waals surface area contributed by atoms with Crippen LogP contribution in [0, 0.1) is 0 Å². The van der Waals surface area contributed by atoms with Gasteiger partial charge in [-0.3, -0.25) is 9.59 Å². The van der Waals surface area contributed by atoms with Crippen LogP contribution in [0.2, 0.25) is 0 Å². The van der Waals surface area contributed by atoms with Crippen molar-refractivity contribution in [3.8, 4) is 5.75 Å². The monoisotopic (exact) mass is 378 g/mol. The molecule has 0 unspecified atom stereocenters. The summed E-state index contributed by atoms with van der Waals surface area (Å²) in [5.74, 6) is 0.564. The van der Waals surface area contributed by atoms with Gasteiger partial charge in [0.2, 0.25) is 11.8 Å². The number of hydrogen-bond acceptors (Lipinski definition) is 3. The Morgan fingerprint density at radius 2 is 1.25 bits per heavy atom. The fourth-order valence-electron chi connectivity index (χ4n) is 2.89. The summed E-state index contributed by atoms with van der Waals surface area (Å²) in [5.41, 5.74) is 1.52. The average Bonchev–Trinajstić information content (AvgIpc) is 2.71. The SMILES string of the molecule is [B]Oc1cccc(NC(=O)CCCCCCCCC(=O)Nc2ccccc2)c1. The molecule has 0 saturated heterocycles. The van der Waals surface area contributed by atoms with Crippen molar-refractivity contribution in [2.45, 2.75) is 51.4 Å². The van der Waals surface area contributed by atoms with Crippen LogP contribution in [0.5, 0.6) is 5.75 Å². The zero-order valence-electron chi connectivity index (χ0n) is 16.2. The minimum atomic E-state index is -0.00763. The molecule has 5 nitrogen and oxygen atoms in total. The van der Waals surface area contributed by atoms with Gasteiger partial charge in [-0.2, -0.15) is 0 Å². The maximum Gasteiger partial charge on any atom is 0.374 e. The summed E-state index contributed by atoms with van der Waals surface area (Å²) in [6.07, 6.45) is 6.97. The van der Waals surface area contributed by atoms with Crippen molar-refractivity contribution in [1.29, 1.82) is 0 Å². The molecule has 0 aromatic heterocycles. The lowest BCUT2D eigenvalue weighted by Crippen LogP contribution is -2.11. The van der Waals surface area contributed by atoms with E-state index in [1.54, 1.807) is 24.3 Å². The zero-order valence-corrected chi connectivity index (χ0v) is 16.2. The van der Waals surface area contributed by atoms with Gasteiger partial charge in [0.15, 0.2) is 0 Å². The summed E-state index contributed by atoms with van der Waals surface area (Å²) in [6, 6.07) is 16.5. The highest BCUT2D eigenvalue weighted by Crippen LogP contribution is 2.17. The molecule has 2 aromatic rings.